The van der Waals surface area contributed by atoms with Gasteiger partial charge in [0.25, 0.3) is 0 Å². The molecule has 1 fully saturated rings. The first kappa shape index (κ1) is 15.5. The van der Waals surface area contributed by atoms with Crippen LogP contribution in [0, 0.1) is 0 Å². The lowest BCUT2D eigenvalue weighted by atomic mass is 10.1. The first-order chi connectivity index (χ1) is 10.4. The van der Waals surface area contributed by atoms with Gasteiger partial charge in [0.15, 0.2) is 0 Å². The molecule has 118 valence electrons. The zero-order chi connectivity index (χ0) is 15.9. The van der Waals surface area contributed by atoms with Crippen LogP contribution >= 0.6 is 15.9 Å². The Kier molecular flexibility index (Phi) is 3.99. The van der Waals surface area contributed by atoms with E-state index in [-0.39, 0.29) is 12.0 Å². The van der Waals surface area contributed by atoms with Crippen molar-refractivity contribution in [2.75, 3.05) is 13.2 Å². The van der Waals surface area contributed by atoms with Crippen LogP contribution < -0.4 is 0 Å². The highest BCUT2D eigenvalue weighted by Crippen LogP contribution is 2.34. The monoisotopic (exact) mass is 366 g/mol. The van der Waals surface area contributed by atoms with E-state index in [1.165, 1.54) is 0 Å². The number of rotatable bonds is 3. The van der Waals surface area contributed by atoms with E-state index in [2.05, 4.69) is 21.0 Å². The van der Waals surface area contributed by atoms with E-state index in [0.29, 0.717) is 13.2 Å². The first-order valence-corrected chi connectivity index (χ1v) is 8.19. The molecular formula is C16H19BrN2O3. The van der Waals surface area contributed by atoms with Crippen molar-refractivity contribution in [1.82, 2.24) is 9.78 Å². The number of hydrogen-bond donors (Lipinski definition) is 0. The van der Waals surface area contributed by atoms with E-state index < -0.39 is 10.4 Å². The summed E-state index contributed by atoms with van der Waals surface area (Å²) >= 11 is 3.49. The summed E-state index contributed by atoms with van der Waals surface area (Å²) in [6.45, 7) is 6.90. The molecule has 5 nitrogen and oxygen atoms in total. The van der Waals surface area contributed by atoms with Crippen molar-refractivity contribution in [1.29, 1.82) is 0 Å². The Balaban J connectivity index is 1.99. The minimum absolute atomic E-state index is 0.233. The predicted octanol–water partition coefficient (Wildman–Crippen LogP) is 3.39. The third-order valence-electron chi connectivity index (χ3n) is 3.50. The normalized spacial score (nSPS) is 17.3. The summed E-state index contributed by atoms with van der Waals surface area (Å²) in [5.74, 6) is -0.294. The molecule has 1 aromatic heterocycles. The van der Waals surface area contributed by atoms with Crippen molar-refractivity contribution in [2.24, 2.45) is 0 Å². The van der Waals surface area contributed by atoms with E-state index in [4.69, 9.17) is 9.47 Å². The van der Waals surface area contributed by atoms with Gasteiger partial charge in [0.2, 0.25) is 0 Å². The number of nitrogens with zero attached hydrogens (tertiary/aromatic N) is 2. The number of carbonyl (C=O) groups excluding carboxylic acids is 1. The fraction of sp³-hybridized carbons (Fsp3) is 0.500. The Morgan fingerprint density at radius 2 is 2.18 bits per heavy atom. The Bertz CT molecular complexity index is 701. The number of para-hydroxylation sites is 1. The van der Waals surface area contributed by atoms with Crippen molar-refractivity contribution in [3.63, 3.8) is 0 Å². The van der Waals surface area contributed by atoms with Gasteiger partial charge in [0, 0.05) is 10.9 Å². The van der Waals surface area contributed by atoms with E-state index in [1.807, 2.05) is 49.8 Å². The quantitative estimate of drug-likeness (QED) is 0.617. The van der Waals surface area contributed by atoms with Gasteiger partial charge < -0.3 is 9.47 Å². The Morgan fingerprint density at radius 3 is 2.77 bits per heavy atom. The van der Waals surface area contributed by atoms with Gasteiger partial charge in [-0.25, -0.2) is 0 Å². The molecule has 1 atom stereocenters. The first-order valence-electron chi connectivity index (χ1n) is 7.27. The highest BCUT2D eigenvalue weighted by Gasteiger charge is 2.29. The molecule has 2 aromatic rings. The smallest absolute Gasteiger partial charge is 0.324 e. The maximum atomic E-state index is 12.4. The molecule has 3 rings (SSSR count). The van der Waals surface area contributed by atoms with Crippen LogP contribution in [0.4, 0.5) is 0 Å². The molecular weight excluding hydrogens is 348 g/mol. The molecule has 0 aliphatic carbocycles. The van der Waals surface area contributed by atoms with Crippen LogP contribution in [0.1, 0.15) is 37.2 Å². The van der Waals surface area contributed by atoms with Crippen LogP contribution in [-0.2, 0) is 14.3 Å². The maximum Gasteiger partial charge on any atom is 0.324 e. The molecule has 1 unspecified atom stereocenters. The number of benzene rings is 1. The predicted molar refractivity (Wildman–Crippen MR) is 87.1 cm³/mol. The van der Waals surface area contributed by atoms with Gasteiger partial charge in [-0.15, -0.1) is 0 Å². The second kappa shape index (κ2) is 5.66. The summed E-state index contributed by atoms with van der Waals surface area (Å²) in [6, 6.07) is 6.09. The second-order valence-electron chi connectivity index (χ2n) is 6.46. The van der Waals surface area contributed by atoms with E-state index >= 15 is 0 Å². The van der Waals surface area contributed by atoms with Crippen molar-refractivity contribution in [3.8, 4) is 0 Å². The summed E-state index contributed by atoms with van der Waals surface area (Å²) in [5, 5.41) is 5.47. The SMILES string of the molecule is CC(C)(C)OC(=O)C(Br)c1cccc2cnn(C3COC3)c12. The standard InChI is InChI=1S/C16H19BrN2O3/c1-16(2,3)22-15(20)13(17)12-6-4-5-10-7-18-19(14(10)12)11-8-21-9-11/h4-7,11,13H,8-9H2,1-3H3. The van der Waals surface area contributed by atoms with Gasteiger partial charge in [-0.3, -0.25) is 9.48 Å². The average molecular weight is 367 g/mol. The Labute approximate surface area is 137 Å². The summed E-state index contributed by atoms with van der Waals surface area (Å²) in [7, 11) is 0. The van der Waals surface area contributed by atoms with E-state index in [0.717, 1.165) is 16.5 Å². The van der Waals surface area contributed by atoms with Crippen molar-refractivity contribution >= 4 is 32.8 Å². The number of fused-ring (bicyclic) bond motifs is 1. The lowest BCUT2D eigenvalue weighted by molar-refractivity contribution is -0.154. The molecule has 0 N–H and O–H groups in total. The van der Waals surface area contributed by atoms with E-state index in [1.54, 1.807) is 0 Å². The third-order valence-corrected chi connectivity index (χ3v) is 4.37. The van der Waals surface area contributed by atoms with Gasteiger partial charge in [-0.1, -0.05) is 34.1 Å². The third kappa shape index (κ3) is 2.90. The van der Waals surface area contributed by atoms with Crippen LogP contribution in [0.25, 0.3) is 10.9 Å². The van der Waals surface area contributed by atoms with Gasteiger partial charge in [0.05, 0.1) is 31.0 Å². The molecule has 22 heavy (non-hydrogen) atoms. The number of carbonyl (C=O) groups is 1. The van der Waals surface area contributed by atoms with Gasteiger partial charge in [0.1, 0.15) is 10.4 Å². The lowest BCUT2D eigenvalue weighted by Crippen LogP contribution is -2.31. The van der Waals surface area contributed by atoms with Gasteiger partial charge in [-0.2, -0.15) is 5.10 Å². The van der Waals surface area contributed by atoms with Crippen molar-refractivity contribution < 1.29 is 14.3 Å². The molecule has 0 radical (unpaired) electrons. The summed E-state index contributed by atoms with van der Waals surface area (Å²) in [4.78, 5) is 11.8. The molecule has 1 aromatic carbocycles. The fourth-order valence-electron chi connectivity index (χ4n) is 2.46. The number of alkyl halides is 1. The molecule has 1 saturated heterocycles. The zero-order valence-electron chi connectivity index (χ0n) is 12.9. The summed E-state index contributed by atoms with van der Waals surface area (Å²) < 4.78 is 12.7. The van der Waals surface area contributed by atoms with Crippen molar-refractivity contribution in [2.45, 2.75) is 37.2 Å². The second-order valence-corrected chi connectivity index (χ2v) is 7.38. The largest absolute Gasteiger partial charge is 0.459 e. The topological polar surface area (TPSA) is 53.3 Å². The van der Waals surface area contributed by atoms with Crippen LogP contribution in [0.2, 0.25) is 0 Å². The molecule has 0 saturated carbocycles. The highest BCUT2D eigenvalue weighted by atomic mass is 79.9. The fourth-order valence-corrected chi connectivity index (χ4v) is 2.92. The van der Waals surface area contributed by atoms with E-state index in [9.17, 15) is 4.79 Å². The van der Waals surface area contributed by atoms with Gasteiger partial charge in [-0.05, 0) is 20.8 Å². The molecule has 2 heterocycles. The van der Waals surface area contributed by atoms with Crippen molar-refractivity contribution in [3.05, 3.63) is 30.0 Å². The van der Waals surface area contributed by atoms with Gasteiger partial charge >= 0.3 is 5.97 Å². The molecule has 0 spiro atoms. The zero-order valence-corrected chi connectivity index (χ0v) is 14.5. The Morgan fingerprint density at radius 1 is 1.45 bits per heavy atom. The molecule has 1 aliphatic rings. The highest BCUT2D eigenvalue weighted by molar-refractivity contribution is 9.09. The summed E-state index contributed by atoms with van der Waals surface area (Å²) in [6.07, 6.45) is 1.83. The van der Waals surface area contributed by atoms with Crippen LogP contribution in [0.5, 0.6) is 0 Å². The average Bonchev–Trinajstić information content (AvgIpc) is 2.78. The minimum Gasteiger partial charge on any atom is -0.459 e. The Hall–Kier alpha value is -1.40. The molecule has 0 bridgehead atoms. The molecule has 6 heteroatoms. The maximum absolute atomic E-state index is 12.4. The summed E-state index contributed by atoms with van der Waals surface area (Å²) in [5.41, 5.74) is 1.32. The number of hydrogen-bond acceptors (Lipinski definition) is 4. The lowest BCUT2D eigenvalue weighted by Gasteiger charge is -2.28. The molecule has 0 amide bonds. The van der Waals surface area contributed by atoms with Crippen LogP contribution in [0.3, 0.4) is 0 Å². The minimum atomic E-state index is -0.521. The number of halogens is 1. The number of esters is 1. The molecule has 1 aliphatic heterocycles. The van der Waals surface area contributed by atoms with Crippen LogP contribution in [0.15, 0.2) is 24.4 Å². The number of ether oxygens (including phenoxy) is 2. The van der Waals surface area contributed by atoms with Crippen LogP contribution in [-0.4, -0.2) is 34.6 Å². The number of aromatic nitrogens is 2.